The van der Waals surface area contributed by atoms with Crippen molar-refractivity contribution in [2.24, 2.45) is 0 Å². The maximum atomic E-state index is 5.66. The first kappa shape index (κ1) is 14.9. The molecule has 1 saturated heterocycles. The Kier molecular flexibility index (Phi) is 7.82. The first-order valence-electron chi connectivity index (χ1n) is 7.22. The number of hydrogen-bond acceptors (Lipinski definition) is 3. The zero-order valence-corrected chi connectivity index (χ0v) is 11.9. The number of nitrogens with zero attached hydrogens (tertiary/aromatic N) is 1. The molecule has 1 heterocycles. The molecular weight excluding hydrogens is 212 g/mol. The summed E-state index contributed by atoms with van der Waals surface area (Å²) >= 11 is 0. The van der Waals surface area contributed by atoms with Crippen molar-refractivity contribution in [3.05, 3.63) is 0 Å². The SMILES string of the molecule is CCNC(CCCC1CCCO1)CCN(C)C. The van der Waals surface area contributed by atoms with E-state index in [0.29, 0.717) is 12.1 Å². The number of rotatable bonds is 9. The van der Waals surface area contributed by atoms with Gasteiger partial charge in [-0.2, -0.15) is 0 Å². The van der Waals surface area contributed by atoms with E-state index in [9.17, 15) is 0 Å². The van der Waals surface area contributed by atoms with E-state index in [1.807, 2.05) is 0 Å². The standard InChI is InChI=1S/C14H30N2O/c1-4-15-13(10-11-16(2)3)7-5-8-14-9-6-12-17-14/h13-15H,4-12H2,1-3H3. The topological polar surface area (TPSA) is 24.5 Å². The van der Waals surface area contributed by atoms with Gasteiger partial charge in [-0.1, -0.05) is 6.92 Å². The molecule has 102 valence electrons. The van der Waals surface area contributed by atoms with Crippen molar-refractivity contribution < 1.29 is 4.74 Å². The van der Waals surface area contributed by atoms with Crippen molar-refractivity contribution in [3.63, 3.8) is 0 Å². The summed E-state index contributed by atoms with van der Waals surface area (Å²) < 4.78 is 5.66. The van der Waals surface area contributed by atoms with Gasteiger partial charge < -0.3 is 15.0 Å². The van der Waals surface area contributed by atoms with E-state index in [1.54, 1.807) is 0 Å². The van der Waals surface area contributed by atoms with Crippen LogP contribution >= 0.6 is 0 Å². The minimum Gasteiger partial charge on any atom is -0.378 e. The van der Waals surface area contributed by atoms with Crippen LogP contribution in [0.2, 0.25) is 0 Å². The van der Waals surface area contributed by atoms with Crippen molar-refractivity contribution in [2.45, 2.75) is 57.6 Å². The van der Waals surface area contributed by atoms with Crippen LogP contribution in [0.5, 0.6) is 0 Å². The lowest BCUT2D eigenvalue weighted by Crippen LogP contribution is -2.32. The van der Waals surface area contributed by atoms with E-state index < -0.39 is 0 Å². The summed E-state index contributed by atoms with van der Waals surface area (Å²) in [7, 11) is 4.30. The lowest BCUT2D eigenvalue weighted by Gasteiger charge is -2.20. The van der Waals surface area contributed by atoms with Gasteiger partial charge in [-0.25, -0.2) is 0 Å². The van der Waals surface area contributed by atoms with E-state index in [1.165, 1.54) is 45.1 Å². The Bertz CT molecular complexity index is 179. The highest BCUT2D eigenvalue weighted by Crippen LogP contribution is 2.18. The second kappa shape index (κ2) is 8.90. The highest BCUT2D eigenvalue weighted by Gasteiger charge is 2.16. The average Bonchev–Trinajstić information content (AvgIpc) is 2.78. The van der Waals surface area contributed by atoms with Gasteiger partial charge in [0.1, 0.15) is 0 Å². The van der Waals surface area contributed by atoms with Crippen LogP contribution in [0.25, 0.3) is 0 Å². The zero-order chi connectivity index (χ0) is 12.5. The molecule has 0 radical (unpaired) electrons. The first-order valence-corrected chi connectivity index (χ1v) is 7.22. The summed E-state index contributed by atoms with van der Waals surface area (Å²) in [4.78, 5) is 2.27. The highest BCUT2D eigenvalue weighted by molar-refractivity contribution is 4.70. The molecule has 0 aromatic carbocycles. The van der Waals surface area contributed by atoms with Gasteiger partial charge in [0.2, 0.25) is 0 Å². The van der Waals surface area contributed by atoms with Crippen molar-refractivity contribution in [3.8, 4) is 0 Å². The summed E-state index contributed by atoms with van der Waals surface area (Å²) in [5.74, 6) is 0. The number of ether oxygens (including phenoxy) is 1. The molecule has 0 amide bonds. The zero-order valence-electron chi connectivity index (χ0n) is 11.9. The van der Waals surface area contributed by atoms with E-state index in [0.717, 1.165) is 13.2 Å². The third kappa shape index (κ3) is 7.02. The lowest BCUT2D eigenvalue weighted by atomic mass is 10.0. The van der Waals surface area contributed by atoms with Crippen LogP contribution in [0.1, 0.15) is 45.4 Å². The fourth-order valence-corrected chi connectivity index (χ4v) is 2.52. The Hall–Kier alpha value is -0.120. The number of nitrogens with one attached hydrogen (secondary N) is 1. The predicted molar refractivity (Wildman–Crippen MR) is 73.5 cm³/mol. The molecule has 0 bridgehead atoms. The smallest absolute Gasteiger partial charge is 0.0576 e. The summed E-state index contributed by atoms with van der Waals surface area (Å²) in [6.45, 7) is 5.44. The summed E-state index contributed by atoms with van der Waals surface area (Å²) in [6, 6.07) is 0.684. The van der Waals surface area contributed by atoms with Crippen molar-refractivity contribution in [1.82, 2.24) is 10.2 Å². The Morgan fingerprint density at radius 3 is 2.76 bits per heavy atom. The molecule has 0 aromatic heterocycles. The molecule has 2 atom stereocenters. The quantitative estimate of drug-likeness (QED) is 0.671. The molecule has 1 aliphatic rings. The minimum atomic E-state index is 0.561. The third-order valence-electron chi connectivity index (χ3n) is 3.52. The molecule has 2 unspecified atom stereocenters. The maximum absolute atomic E-state index is 5.66. The average molecular weight is 242 g/mol. The monoisotopic (exact) mass is 242 g/mol. The van der Waals surface area contributed by atoms with Crippen LogP contribution in [0.4, 0.5) is 0 Å². The van der Waals surface area contributed by atoms with Crippen molar-refractivity contribution in [2.75, 3.05) is 33.8 Å². The third-order valence-corrected chi connectivity index (χ3v) is 3.52. The van der Waals surface area contributed by atoms with Crippen LogP contribution in [0, 0.1) is 0 Å². The Balaban J connectivity index is 2.09. The fraction of sp³-hybridized carbons (Fsp3) is 1.00. The maximum Gasteiger partial charge on any atom is 0.0576 e. The second-order valence-corrected chi connectivity index (χ2v) is 5.41. The molecule has 1 aliphatic heterocycles. The Morgan fingerprint density at radius 1 is 1.35 bits per heavy atom. The van der Waals surface area contributed by atoms with Crippen LogP contribution in [-0.4, -0.2) is 50.8 Å². The molecule has 3 nitrogen and oxygen atoms in total. The summed E-state index contributed by atoms with van der Waals surface area (Å²) in [5, 5.41) is 3.60. The van der Waals surface area contributed by atoms with E-state index >= 15 is 0 Å². The largest absolute Gasteiger partial charge is 0.378 e. The van der Waals surface area contributed by atoms with Crippen LogP contribution in [0.3, 0.4) is 0 Å². The van der Waals surface area contributed by atoms with Crippen LogP contribution in [-0.2, 0) is 4.74 Å². The molecule has 1 fully saturated rings. The van der Waals surface area contributed by atoms with Gasteiger partial charge in [0.15, 0.2) is 0 Å². The highest BCUT2D eigenvalue weighted by atomic mass is 16.5. The van der Waals surface area contributed by atoms with E-state index in [-0.39, 0.29) is 0 Å². The molecule has 0 spiro atoms. The normalized spacial score (nSPS) is 22.2. The first-order chi connectivity index (χ1) is 8.22. The molecule has 0 aromatic rings. The molecule has 1 rings (SSSR count). The van der Waals surface area contributed by atoms with Gasteiger partial charge in [0, 0.05) is 12.6 Å². The van der Waals surface area contributed by atoms with Crippen molar-refractivity contribution >= 4 is 0 Å². The molecule has 1 N–H and O–H groups in total. The van der Waals surface area contributed by atoms with E-state index in [4.69, 9.17) is 4.74 Å². The van der Waals surface area contributed by atoms with Gasteiger partial charge in [-0.3, -0.25) is 0 Å². The van der Waals surface area contributed by atoms with Crippen molar-refractivity contribution in [1.29, 1.82) is 0 Å². The number of hydrogen-bond donors (Lipinski definition) is 1. The van der Waals surface area contributed by atoms with Gasteiger partial charge >= 0.3 is 0 Å². The second-order valence-electron chi connectivity index (χ2n) is 5.41. The van der Waals surface area contributed by atoms with Crippen LogP contribution < -0.4 is 5.32 Å². The molecular formula is C14H30N2O. The Labute approximate surface area is 107 Å². The molecule has 3 heteroatoms. The Morgan fingerprint density at radius 2 is 2.18 bits per heavy atom. The van der Waals surface area contributed by atoms with E-state index in [2.05, 4.69) is 31.2 Å². The molecule has 17 heavy (non-hydrogen) atoms. The predicted octanol–water partition coefficient (Wildman–Crippen LogP) is 2.27. The van der Waals surface area contributed by atoms with Gasteiger partial charge in [0.25, 0.3) is 0 Å². The lowest BCUT2D eigenvalue weighted by molar-refractivity contribution is 0.101. The van der Waals surface area contributed by atoms with Crippen LogP contribution in [0.15, 0.2) is 0 Å². The summed E-state index contributed by atoms with van der Waals surface area (Å²) in [6.07, 6.45) is 8.21. The van der Waals surface area contributed by atoms with Gasteiger partial charge in [0.05, 0.1) is 6.10 Å². The fourth-order valence-electron chi connectivity index (χ4n) is 2.52. The minimum absolute atomic E-state index is 0.561. The summed E-state index contributed by atoms with van der Waals surface area (Å²) in [5.41, 5.74) is 0. The van der Waals surface area contributed by atoms with Gasteiger partial charge in [-0.05, 0) is 65.7 Å². The molecule has 0 aliphatic carbocycles. The van der Waals surface area contributed by atoms with Gasteiger partial charge in [-0.15, -0.1) is 0 Å². The molecule has 0 saturated carbocycles.